The third kappa shape index (κ3) is 3.30. The minimum absolute atomic E-state index is 0.198. The van der Waals surface area contributed by atoms with Crippen LogP contribution in [0.4, 0.5) is 10.5 Å². The van der Waals surface area contributed by atoms with Crippen molar-refractivity contribution < 1.29 is 14.3 Å². The van der Waals surface area contributed by atoms with Gasteiger partial charge in [0, 0.05) is 25.0 Å². The van der Waals surface area contributed by atoms with Crippen molar-refractivity contribution in [2.24, 2.45) is 7.05 Å². The maximum absolute atomic E-state index is 12.1. The fourth-order valence-corrected chi connectivity index (χ4v) is 2.63. The van der Waals surface area contributed by atoms with Crippen molar-refractivity contribution in [1.29, 1.82) is 0 Å². The van der Waals surface area contributed by atoms with Crippen molar-refractivity contribution >= 4 is 11.7 Å². The van der Waals surface area contributed by atoms with E-state index in [1.807, 2.05) is 31.3 Å². The van der Waals surface area contributed by atoms with Crippen molar-refractivity contribution in [2.75, 3.05) is 12.1 Å². The zero-order valence-corrected chi connectivity index (χ0v) is 14.1. The summed E-state index contributed by atoms with van der Waals surface area (Å²) in [5, 5.41) is 10.0. The Balaban J connectivity index is 1.38. The molecule has 2 aromatic heterocycles. The Kier molecular flexibility index (Phi) is 4.14. The lowest BCUT2D eigenvalue weighted by Crippen LogP contribution is -2.28. The van der Waals surface area contributed by atoms with Gasteiger partial charge in [0.2, 0.25) is 6.79 Å². The summed E-state index contributed by atoms with van der Waals surface area (Å²) in [6.45, 7) is 0.538. The minimum atomic E-state index is -0.315. The number of carbonyl (C=O) groups excluding carboxylic acids is 1. The average Bonchev–Trinajstić information content (AvgIpc) is 3.27. The Bertz CT molecular complexity index is 939. The van der Waals surface area contributed by atoms with Gasteiger partial charge in [-0.2, -0.15) is 5.10 Å². The number of fused-ring (bicyclic) bond motifs is 1. The molecule has 3 heterocycles. The van der Waals surface area contributed by atoms with Gasteiger partial charge in [0.1, 0.15) is 5.69 Å². The van der Waals surface area contributed by atoms with Crippen molar-refractivity contribution in [3.63, 3.8) is 0 Å². The minimum Gasteiger partial charge on any atom is -0.454 e. The Morgan fingerprint density at radius 1 is 1.15 bits per heavy atom. The molecule has 0 aliphatic carbocycles. The number of amides is 2. The topological polar surface area (TPSA) is 90.3 Å². The molecule has 3 aromatic rings. The molecule has 0 fully saturated rings. The van der Waals surface area contributed by atoms with Crippen LogP contribution in [0, 0.1) is 0 Å². The molecule has 1 aliphatic rings. The Labute approximate surface area is 149 Å². The summed E-state index contributed by atoms with van der Waals surface area (Å²) in [6.07, 6.45) is 1.72. The number of pyridine rings is 1. The quantitative estimate of drug-likeness (QED) is 0.754. The van der Waals surface area contributed by atoms with Crippen LogP contribution in [-0.2, 0) is 13.6 Å². The smallest absolute Gasteiger partial charge is 0.319 e. The lowest BCUT2D eigenvalue weighted by atomic mass is 10.2. The number of carbonyl (C=O) groups is 1. The van der Waals surface area contributed by atoms with Crippen LogP contribution in [0.3, 0.4) is 0 Å². The average molecular weight is 351 g/mol. The highest BCUT2D eigenvalue weighted by Gasteiger charge is 2.14. The van der Waals surface area contributed by atoms with E-state index >= 15 is 0 Å². The van der Waals surface area contributed by atoms with Gasteiger partial charge < -0.3 is 20.1 Å². The number of nitrogens with one attached hydrogen (secondary N) is 2. The van der Waals surface area contributed by atoms with E-state index in [9.17, 15) is 4.79 Å². The largest absolute Gasteiger partial charge is 0.454 e. The number of urea groups is 1. The van der Waals surface area contributed by atoms with Gasteiger partial charge in [-0.15, -0.1) is 0 Å². The summed E-state index contributed by atoms with van der Waals surface area (Å²) >= 11 is 0. The molecule has 0 atom stereocenters. The molecule has 0 saturated heterocycles. The van der Waals surface area contributed by atoms with Gasteiger partial charge in [-0.25, -0.2) is 4.79 Å². The van der Waals surface area contributed by atoms with E-state index in [1.54, 1.807) is 29.1 Å². The molecule has 0 spiro atoms. The number of ether oxygens (including phenoxy) is 2. The summed E-state index contributed by atoms with van der Waals surface area (Å²) in [6, 6.07) is 12.5. The van der Waals surface area contributed by atoms with Crippen molar-refractivity contribution in [2.45, 2.75) is 6.54 Å². The molecule has 2 amide bonds. The van der Waals surface area contributed by atoms with Gasteiger partial charge in [0.05, 0.1) is 17.9 Å². The van der Waals surface area contributed by atoms with E-state index < -0.39 is 0 Å². The zero-order valence-electron chi connectivity index (χ0n) is 14.1. The van der Waals surface area contributed by atoms with Crippen LogP contribution in [0.25, 0.3) is 11.4 Å². The van der Waals surface area contributed by atoms with Gasteiger partial charge in [-0.3, -0.25) is 9.67 Å². The number of hydrogen-bond donors (Lipinski definition) is 2. The number of hydrogen-bond acceptors (Lipinski definition) is 5. The van der Waals surface area contributed by atoms with Gasteiger partial charge >= 0.3 is 6.03 Å². The maximum atomic E-state index is 12.1. The predicted molar refractivity (Wildman–Crippen MR) is 94.9 cm³/mol. The third-order valence-corrected chi connectivity index (χ3v) is 3.96. The Morgan fingerprint density at radius 3 is 2.88 bits per heavy atom. The van der Waals surface area contributed by atoms with Crippen LogP contribution in [0.5, 0.6) is 11.5 Å². The summed E-state index contributed by atoms with van der Waals surface area (Å²) in [4.78, 5) is 16.4. The first-order valence-electron chi connectivity index (χ1n) is 8.08. The molecular weight excluding hydrogens is 334 g/mol. The second-order valence-electron chi connectivity index (χ2n) is 5.74. The molecule has 0 bridgehead atoms. The molecule has 2 N–H and O–H groups in total. The molecule has 0 saturated carbocycles. The number of nitrogens with zero attached hydrogens (tertiary/aromatic N) is 3. The maximum Gasteiger partial charge on any atom is 0.319 e. The highest BCUT2D eigenvalue weighted by Crippen LogP contribution is 2.34. The Hall–Kier alpha value is -3.55. The van der Waals surface area contributed by atoms with E-state index in [0.717, 1.165) is 17.1 Å². The molecule has 1 aromatic carbocycles. The highest BCUT2D eigenvalue weighted by atomic mass is 16.7. The normalized spacial score (nSPS) is 12.0. The molecule has 1 aliphatic heterocycles. The van der Waals surface area contributed by atoms with Crippen molar-refractivity contribution in [3.05, 3.63) is 54.4 Å². The first-order valence-corrected chi connectivity index (χ1v) is 8.08. The second kappa shape index (κ2) is 6.75. The van der Waals surface area contributed by atoms with Crippen LogP contribution in [0.15, 0.2) is 48.7 Å². The number of rotatable bonds is 4. The van der Waals surface area contributed by atoms with Crippen LogP contribution in [0.1, 0.15) is 5.69 Å². The monoisotopic (exact) mass is 351 g/mol. The van der Waals surface area contributed by atoms with Gasteiger partial charge in [-0.05, 0) is 30.3 Å². The van der Waals surface area contributed by atoms with Crippen LogP contribution in [-0.4, -0.2) is 27.6 Å². The van der Waals surface area contributed by atoms with Crippen molar-refractivity contribution in [1.82, 2.24) is 20.1 Å². The first-order chi connectivity index (χ1) is 12.7. The molecule has 0 radical (unpaired) electrons. The first kappa shape index (κ1) is 15.9. The van der Waals surface area contributed by atoms with Gasteiger partial charge in [0.25, 0.3) is 0 Å². The Morgan fingerprint density at radius 2 is 2.04 bits per heavy atom. The lowest BCUT2D eigenvalue weighted by Gasteiger charge is -2.08. The van der Waals surface area contributed by atoms with Crippen LogP contribution >= 0.6 is 0 Å². The van der Waals surface area contributed by atoms with E-state index in [1.165, 1.54) is 0 Å². The summed E-state index contributed by atoms with van der Waals surface area (Å²) in [5.41, 5.74) is 3.05. The van der Waals surface area contributed by atoms with Crippen LogP contribution < -0.4 is 20.1 Å². The number of aryl methyl sites for hydroxylation is 1. The SMILES string of the molecule is Cn1nc(-c2ccccn2)cc1CNC(=O)Nc1ccc2c(c1)OCO2. The molecule has 132 valence electrons. The summed E-state index contributed by atoms with van der Waals surface area (Å²) in [5.74, 6) is 1.29. The third-order valence-electron chi connectivity index (χ3n) is 3.96. The molecule has 26 heavy (non-hydrogen) atoms. The van der Waals surface area contributed by atoms with E-state index in [2.05, 4.69) is 20.7 Å². The van der Waals surface area contributed by atoms with E-state index in [-0.39, 0.29) is 12.8 Å². The molecular formula is C18H17N5O3. The molecule has 0 unspecified atom stereocenters. The standard InChI is InChI=1S/C18H17N5O3/c1-23-13(9-15(22-23)14-4-2-3-7-19-14)10-20-18(24)21-12-5-6-16-17(8-12)26-11-25-16/h2-9H,10-11H2,1H3,(H2,20,21,24). The number of benzene rings is 1. The summed E-state index contributed by atoms with van der Waals surface area (Å²) in [7, 11) is 1.83. The number of anilines is 1. The fourth-order valence-electron chi connectivity index (χ4n) is 2.63. The van der Waals surface area contributed by atoms with E-state index in [4.69, 9.17) is 9.47 Å². The summed E-state index contributed by atoms with van der Waals surface area (Å²) < 4.78 is 12.3. The lowest BCUT2D eigenvalue weighted by molar-refractivity contribution is 0.174. The second-order valence-corrected chi connectivity index (χ2v) is 5.74. The predicted octanol–water partition coefficient (Wildman–Crippen LogP) is 2.53. The number of aromatic nitrogens is 3. The fraction of sp³-hybridized carbons (Fsp3) is 0.167. The van der Waals surface area contributed by atoms with Crippen LogP contribution in [0.2, 0.25) is 0 Å². The van der Waals surface area contributed by atoms with E-state index in [0.29, 0.717) is 23.7 Å². The molecule has 4 rings (SSSR count). The van der Waals surface area contributed by atoms with Crippen molar-refractivity contribution in [3.8, 4) is 22.9 Å². The highest BCUT2D eigenvalue weighted by molar-refractivity contribution is 5.89. The van der Waals surface area contributed by atoms with Gasteiger partial charge in [-0.1, -0.05) is 6.07 Å². The zero-order chi connectivity index (χ0) is 17.9. The van der Waals surface area contributed by atoms with Gasteiger partial charge in [0.15, 0.2) is 11.5 Å². The molecule has 8 nitrogen and oxygen atoms in total. The molecule has 8 heteroatoms.